The number of nitrogens with zero attached hydrogens (tertiary/aromatic N) is 2. The number of halogens is 2. The van der Waals surface area contributed by atoms with Crippen molar-refractivity contribution < 1.29 is 23.2 Å². The summed E-state index contributed by atoms with van der Waals surface area (Å²) < 4.78 is 26.6. The number of nitrogens with one attached hydrogen (secondary N) is 2. The number of aromatic amines is 1. The number of amides is 2. The second kappa shape index (κ2) is 10.3. The van der Waals surface area contributed by atoms with Crippen LogP contribution in [0.15, 0.2) is 55.0 Å². The molecular weight excluding hydrogens is 478 g/mol. The van der Waals surface area contributed by atoms with Gasteiger partial charge in [0.15, 0.2) is 11.6 Å². The molecule has 0 saturated carbocycles. The van der Waals surface area contributed by atoms with Crippen molar-refractivity contribution in [2.24, 2.45) is 5.92 Å². The van der Waals surface area contributed by atoms with E-state index in [-0.39, 0.29) is 30.6 Å². The summed E-state index contributed by atoms with van der Waals surface area (Å²) in [4.78, 5) is 46.2. The fraction of sp³-hybridized carbons (Fsp3) is 0.214. The van der Waals surface area contributed by atoms with Crippen LogP contribution >= 0.6 is 0 Å². The van der Waals surface area contributed by atoms with Crippen LogP contribution in [0.4, 0.5) is 14.5 Å². The number of carbonyl (C=O) groups excluding carboxylic acids is 3. The number of imidazole rings is 1. The highest BCUT2D eigenvalue weighted by molar-refractivity contribution is 6.34. The Hall–Kier alpha value is -4.40. The summed E-state index contributed by atoms with van der Waals surface area (Å²) in [6.45, 7) is 0.551. The number of Topliss-reactive ketones (excluding diaryl/α,β-unsaturated/α-hetero) is 1. The van der Waals surface area contributed by atoms with Gasteiger partial charge in [-0.05, 0) is 48.2 Å². The molecule has 1 fully saturated rings. The minimum Gasteiger partial charge on any atom is -0.345 e. The van der Waals surface area contributed by atoms with E-state index in [1.54, 1.807) is 18.6 Å². The van der Waals surface area contributed by atoms with Crippen LogP contribution in [0, 0.1) is 17.6 Å². The molecule has 2 aliphatic rings. The average molecular weight is 503 g/mol. The number of allylic oxidation sites excluding steroid dienone is 1. The number of hydrogen-bond acceptors (Lipinski definition) is 4. The van der Waals surface area contributed by atoms with Crippen molar-refractivity contribution in [3.05, 3.63) is 89.0 Å². The van der Waals surface area contributed by atoms with Crippen LogP contribution in [0.1, 0.15) is 41.6 Å². The lowest BCUT2D eigenvalue weighted by atomic mass is 9.98. The molecule has 188 valence electrons. The highest BCUT2D eigenvalue weighted by Crippen LogP contribution is 2.34. The van der Waals surface area contributed by atoms with Crippen molar-refractivity contribution in [2.45, 2.75) is 25.8 Å². The molecule has 0 bridgehead atoms. The van der Waals surface area contributed by atoms with Crippen LogP contribution in [0.25, 0.3) is 17.7 Å². The Labute approximate surface area is 211 Å². The summed E-state index contributed by atoms with van der Waals surface area (Å²) in [5.41, 5.74) is 4.17. The smallest absolute Gasteiger partial charge is 0.256 e. The highest BCUT2D eigenvalue weighted by atomic mass is 19.2. The van der Waals surface area contributed by atoms with E-state index in [1.165, 1.54) is 11.0 Å². The summed E-state index contributed by atoms with van der Waals surface area (Å²) in [5, 5.41) is 2.87. The molecule has 1 aromatic heterocycles. The summed E-state index contributed by atoms with van der Waals surface area (Å²) >= 11 is 0. The highest BCUT2D eigenvalue weighted by Gasteiger charge is 2.36. The van der Waals surface area contributed by atoms with Gasteiger partial charge in [0, 0.05) is 30.8 Å². The third-order valence-electron chi connectivity index (χ3n) is 6.56. The van der Waals surface area contributed by atoms with Crippen molar-refractivity contribution in [3.8, 4) is 0 Å². The van der Waals surface area contributed by atoms with Crippen LogP contribution in [0.2, 0.25) is 0 Å². The molecule has 0 aliphatic carbocycles. The molecule has 2 aliphatic heterocycles. The Morgan fingerprint density at radius 2 is 2.00 bits per heavy atom. The normalized spacial score (nSPS) is 18.2. The number of benzene rings is 2. The first-order chi connectivity index (χ1) is 17.9. The topological polar surface area (TPSA) is 95.2 Å². The molecule has 37 heavy (non-hydrogen) atoms. The summed E-state index contributed by atoms with van der Waals surface area (Å²) in [5.74, 6) is -3.18. The predicted octanol–water partition coefficient (Wildman–Crippen LogP) is 4.59. The van der Waals surface area contributed by atoms with E-state index in [0.29, 0.717) is 36.2 Å². The Bertz CT molecular complexity index is 1430. The molecule has 3 aromatic rings. The molecule has 0 radical (unpaired) electrons. The van der Waals surface area contributed by atoms with Gasteiger partial charge >= 0.3 is 0 Å². The van der Waals surface area contributed by atoms with Gasteiger partial charge in [-0.3, -0.25) is 14.4 Å². The standard InChI is InChI=1S/C28H24F2N4O3/c29-23-8-6-18(11-24(23)30)15-34-10-9-21(28(34)37)26(35)4-2-1-3-17-5-7-20-22(13-19-14-31-16-32-19)27(36)33-25(20)12-17/h1,3,5-8,11-14,16,21H,2,4,9-10,15H2,(H,31,32)(H,33,36)/b3-1+,22-13-. The number of rotatable bonds is 8. The molecule has 5 rings (SSSR count). The van der Waals surface area contributed by atoms with E-state index in [0.717, 1.165) is 29.0 Å². The molecule has 7 nitrogen and oxygen atoms in total. The lowest BCUT2D eigenvalue weighted by Gasteiger charge is -2.16. The van der Waals surface area contributed by atoms with E-state index in [9.17, 15) is 23.2 Å². The fourth-order valence-corrected chi connectivity index (χ4v) is 4.63. The zero-order valence-electron chi connectivity index (χ0n) is 19.8. The number of hydrogen-bond donors (Lipinski definition) is 2. The van der Waals surface area contributed by atoms with Crippen molar-refractivity contribution in [3.63, 3.8) is 0 Å². The van der Waals surface area contributed by atoms with Crippen LogP contribution in [0.5, 0.6) is 0 Å². The maximum atomic E-state index is 13.5. The van der Waals surface area contributed by atoms with E-state index in [4.69, 9.17) is 0 Å². The maximum absolute atomic E-state index is 13.5. The maximum Gasteiger partial charge on any atom is 0.256 e. The molecule has 2 N–H and O–H groups in total. The van der Waals surface area contributed by atoms with Gasteiger partial charge in [-0.15, -0.1) is 0 Å². The molecular formula is C28H24F2N4O3. The number of anilines is 1. The number of fused-ring (bicyclic) bond motifs is 1. The minimum atomic E-state index is -0.958. The molecule has 2 aromatic carbocycles. The number of H-pyrrole nitrogens is 1. The van der Waals surface area contributed by atoms with E-state index in [2.05, 4.69) is 15.3 Å². The number of likely N-dealkylation sites (tertiary alicyclic amines) is 1. The first-order valence-corrected chi connectivity index (χ1v) is 12.0. The molecule has 0 spiro atoms. The van der Waals surface area contributed by atoms with E-state index < -0.39 is 17.6 Å². The Kier molecular flexibility index (Phi) is 6.76. The number of aromatic nitrogens is 2. The zero-order valence-corrected chi connectivity index (χ0v) is 19.8. The van der Waals surface area contributed by atoms with Crippen molar-refractivity contribution in [2.75, 3.05) is 11.9 Å². The van der Waals surface area contributed by atoms with Gasteiger partial charge < -0.3 is 15.2 Å². The lowest BCUT2D eigenvalue weighted by molar-refractivity contribution is -0.137. The van der Waals surface area contributed by atoms with Gasteiger partial charge in [0.2, 0.25) is 5.91 Å². The third kappa shape index (κ3) is 5.25. The molecule has 9 heteroatoms. The first-order valence-electron chi connectivity index (χ1n) is 12.0. The molecule has 1 saturated heterocycles. The number of ketones is 1. The largest absolute Gasteiger partial charge is 0.345 e. The summed E-state index contributed by atoms with van der Waals surface area (Å²) in [7, 11) is 0. The predicted molar refractivity (Wildman–Crippen MR) is 135 cm³/mol. The Morgan fingerprint density at radius 1 is 1.14 bits per heavy atom. The van der Waals surface area contributed by atoms with Gasteiger partial charge in [-0.2, -0.15) is 0 Å². The molecule has 1 atom stereocenters. The van der Waals surface area contributed by atoms with Crippen molar-refractivity contribution >= 4 is 41.0 Å². The van der Waals surface area contributed by atoms with Gasteiger partial charge in [0.05, 0.1) is 29.7 Å². The Morgan fingerprint density at radius 3 is 2.78 bits per heavy atom. The van der Waals surface area contributed by atoms with E-state index >= 15 is 0 Å². The van der Waals surface area contributed by atoms with Gasteiger partial charge in [-0.1, -0.05) is 30.4 Å². The minimum absolute atomic E-state index is 0.128. The summed E-state index contributed by atoms with van der Waals surface area (Å²) in [6.07, 6.45) is 9.81. The van der Waals surface area contributed by atoms with Crippen LogP contribution in [-0.4, -0.2) is 39.0 Å². The SMILES string of the molecule is O=C1Nc2cc(/C=C/CCC(=O)C3CCN(Cc4ccc(F)c(F)c4)C3=O)ccc2/C1=C/c1cnc[nH]1. The quantitative estimate of drug-likeness (QED) is 0.348. The van der Waals surface area contributed by atoms with Crippen LogP contribution in [0.3, 0.4) is 0 Å². The zero-order chi connectivity index (χ0) is 25.9. The van der Waals surface area contributed by atoms with Gasteiger partial charge in [0.1, 0.15) is 5.78 Å². The van der Waals surface area contributed by atoms with Crippen LogP contribution in [-0.2, 0) is 20.9 Å². The van der Waals surface area contributed by atoms with Gasteiger partial charge in [0.25, 0.3) is 5.91 Å². The first kappa shape index (κ1) is 24.3. The monoisotopic (exact) mass is 502 g/mol. The second-order valence-electron chi connectivity index (χ2n) is 9.08. The average Bonchev–Trinajstić information content (AvgIpc) is 3.60. The number of carbonyl (C=O) groups is 3. The Balaban J connectivity index is 1.15. The van der Waals surface area contributed by atoms with Crippen molar-refractivity contribution in [1.82, 2.24) is 14.9 Å². The second-order valence-corrected chi connectivity index (χ2v) is 9.08. The van der Waals surface area contributed by atoms with Gasteiger partial charge in [-0.25, -0.2) is 13.8 Å². The molecule has 1 unspecified atom stereocenters. The van der Waals surface area contributed by atoms with Crippen LogP contribution < -0.4 is 5.32 Å². The van der Waals surface area contributed by atoms with E-state index in [1.807, 2.05) is 30.4 Å². The summed E-state index contributed by atoms with van der Waals surface area (Å²) in [6, 6.07) is 9.19. The lowest BCUT2D eigenvalue weighted by Crippen LogP contribution is -2.30. The molecule has 2 amide bonds. The molecule has 3 heterocycles. The van der Waals surface area contributed by atoms with Crippen molar-refractivity contribution in [1.29, 1.82) is 0 Å². The third-order valence-corrected chi connectivity index (χ3v) is 6.56. The fourth-order valence-electron chi connectivity index (χ4n) is 4.63.